The third-order valence-corrected chi connectivity index (χ3v) is 7.35. The standard InChI is InChI=1S/C29H31N5O/c1-33(2)23-13-11-22(12-14-23)31-28(35)32-25-15-10-21(19-30)18-27(25)34-20-29(16-6-3-7-17-29)24-8-4-5-9-26(24)34/h4-5,8-15,18H,3,6-7,16-17,20H2,1-2H3,(H2,31,32,35). The van der Waals surface area contributed by atoms with Crippen molar-refractivity contribution in [2.75, 3.05) is 41.1 Å². The molecular formula is C29H31N5O. The quantitative estimate of drug-likeness (QED) is 0.454. The summed E-state index contributed by atoms with van der Waals surface area (Å²) < 4.78 is 0. The minimum atomic E-state index is -0.312. The molecule has 0 bridgehead atoms. The second-order valence-electron chi connectivity index (χ2n) is 9.81. The minimum Gasteiger partial charge on any atom is -0.378 e. The summed E-state index contributed by atoms with van der Waals surface area (Å²) in [5.41, 5.74) is 6.60. The van der Waals surface area contributed by atoms with Crippen LogP contribution in [0.2, 0.25) is 0 Å². The van der Waals surface area contributed by atoms with E-state index in [0.717, 1.165) is 23.6 Å². The van der Waals surface area contributed by atoms with Gasteiger partial charge in [-0.05, 0) is 66.9 Å². The SMILES string of the molecule is CN(C)c1ccc(NC(=O)Nc2ccc(C#N)cc2N2CC3(CCCCC3)c3ccccc32)cc1. The van der Waals surface area contributed by atoms with Crippen molar-refractivity contribution in [3.05, 3.63) is 77.9 Å². The van der Waals surface area contributed by atoms with Gasteiger partial charge in [0.05, 0.1) is 23.0 Å². The molecule has 3 aromatic carbocycles. The summed E-state index contributed by atoms with van der Waals surface area (Å²) in [6.07, 6.45) is 6.10. The van der Waals surface area contributed by atoms with Crippen LogP contribution in [0.3, 0.4) is 0 Å². The first kappa shape index (κ1) is 22.8. The maximum atomic E-state index is 12.9. The van der Waals surface area contributed by atoms with E-state index >= 15 is 0 Å². The number of benzene rings is 3. The molecule has 1 fully saturated rings. The van der Waals surface area contributed by atoms with E-state index in [1.807, 2.05) is 55.4 Å². The summed E-state index contributed by atoms with van der Waals surface area (Å²) in [5, 5.41) is 15.6. The van der Waals surface area contributed by atoms with Crippen LogP contribution < -0.4 is 20.4 Å². The number of nitriles is 1. The lowest BCUT2D eigenvalue weighted by Gasteiger charge is -2.34. The molecule has 35 heavy (non-hydrogen) atoms. The number of para-hydroxylation sites is 1. The molecule has 1 heterocycles. The Morgan fingerprint density at radius 3 is 2.40 bits per heavy atom. The van der Waals surface area contributed by atoms with Crippen LogP contribution in [0.15, 0.2) is 66.7 Å². The largest absolute Gasteiger partial charge is 0.378 e. The molecule has 0 radical (unpaired) electrons. The summed E-state index contributed by atoms with van der Waals surface area (Å²) in [5.74, 6) is 0. The molecule has 6 nitrogen and oxygen atoms in total. The van der Waals surface area contributed by atoms with Gasteiger partial charge in [-0.1, -0.05) is 37.5 Å². The molecule has 0 aromatic heterocycles. The predicted molar refractivity (Wildman–Crippen MR) is 143 cm³/mol. The Morgan fingerprint density at radius 1 is 0.943 bits per heavy atom. The van der Waals surface area contributed by atoms with E-state index in [2.05, 4.69) is 45.9 Å². The lowest BCUT2D eigenvalue weighted by atomic mass is 9.71. The van der Waals surface area contributed by atoms with E-state index in [-0.39, 0.29) is 11.4 Å². The van der Waals surface area contributed by atoms with E-state index < -0.39 is 0 Å². The Balaban J connectivity index is 1.44. The fourth-order valence-electron chi connectivity index (χ4n) is 5.56. The minimum absolute atomic E-state index is 0.130. The zero-order chi connectivity index (χ0) is 24.4. The summed E-state index contributed by atoms with van der Waals surface area (Å²) >= 11 is 0. The van der Waals surface area contributed by atoms with Crippen LogP contribution in [0.25, 0.3) is 0 Å². The molecule has 1 aliphatic heterocycles. The summed E-state index contributed by atoms with van der Waals surface area (Å²) in [6.45, 7) is 0.865. The van der Waals surface area contributed by atoms with E-state index in [0.29, 0.717) is 11.3 Å². The average Bonchev–Trinajstić information content (AvgIpc) is 3.18. The van der Waals surface area contributed by atoms with Crippen molar-refractivity contribution in [2.24, 2.45) is 0 Å². The smallest absolute Gasteiger partial charge is 0.323 e. The van der Waals surface area contributed by atoms with Gasteiger partial charge in [0.25, 0.3) is 0 Å². The zero-order valence-corrected chi connectivity index (χ0v) is 20.3. The van der Waals surface area contributed by atoms with Crippen LogP contribution in [0.4, 0.5) is 33.2 Å². The highest BCUT2D eigenvalue weighted by molar-refractivity contribution is 6.02. The third-order valence-electron chi connectivity index (χ3n) is 7.35. The number of hydrogen-bond acceptors (Lipinski definition) is 4. The number of anilines is 5. The van der Waals surface area contributed by atoms with E-state index in [4.69, 9.17) is 0 Å². The predicted octanol–water partition coefficient (Wildman–Crippen LogP) is 6.62. The molecule has 5 rings (SSSR count). The first-order chi connectivity index (χ1) is 17.0. The Hall–Kier alpha value is -3.98. The summed E-state index contributed by atoms with van der Waals surface area (Å²) in [6, 6.07) is 23.7. The van der Waals surface area contributed by atoms with Crippen LogP contribution in [-0.2, 0) is 5.41 Å². The van der Waals surface area contributed by atoms with Gasteiger partial charge in [0.2, 0.25) is 0 Å². The third kappa shape index (κ3) is 4.42. The molecule has 178 valence electrons. The van der Waals surface area contributed by atoms with Gasteiger partial charge < -0.3 is 20.4 Å². The molecule has 6 heteroatoms. The van der Waals surface area contributed by atoms with Crippen LogP contribution in [0.1, 0.15) is 43.2 Å². The Labute approximate surface area is 207 Å². The van der Waals surface area contributed by atoms with Crippen molar-refractivity contribution >= 4 is 34.5 Å². The van der Waals surface area contributed by atoms with E-state index in [1.165, 1.54) is 43.4 Å². The maximum absolute atomic E-state index is 12.9. The highest BCUT2D eigenvalue weighted by Gasteiger charge is 2.43. The van der Waals surface area contributed by atoms with Crippen molar-refractivity contribution in [2.45, 2.75) is 37.5 Å². The molecular weight excluding hydrogens is 434 g/mol. The molecule has 2 aliphatic rings. The van der Waals surface area contributed by atoms with Crippen molar-refractivity contribution in [3.8, 4) is 6.07 Å². The van der Waals surface area contributed by atoms with Gasteiger partial charge in [-0.25, -0.2) is 4.79 Å². The number of nitrogens with one attached hydrogen (secondary N) is 2. The second-order valence-corrected chi connectivity index (χ2v) is 9.81. The molecule has 2 amide bonds. The van der Waals surface area contributed by atoms with Gasteiger partial charge in [-0.15, -0.1) is 0 Å². The fraction of sp³-hybridized carbons (Fsp3) is 0.310. The van der Waals surface area contributed by atoms with Crippen molar-refractivity contribution in [3.63, 3.8) is 0 Å². The number of fused-ring (bicyclic) bond motifs is 2. The number of urea groups is 1. The van der Waals surface area contributed by atoms with Crippen LogP contribution in [0.5, 0.6) is 0 Å². The number of amides is 2. The highest BCUT2D eigenvalue weighted by atomic mass is 16.2. The van der Waals surface area contributed by atoms with Crippen LogP contribution in [-0.4, -0.2) is 26.7 Å². The van der Waals surface area contributed by atoms with Gasteiger partial charge in [0.1, 0.15) is 0 Å². The molecule has 2 N–H and O–H groups in total. The molecule has 1 aliphatic carbocycles. The monoisotopic (exact) mass is 465 g/mol. The van der Waals surface area contributed by atoms with Gasteiger partial charge in [0, 0.05) is 43.1 Å². The molecule has 1 spiro atoms. The van der Waals surface area contributed by atoms with Gasteiger partial charge in [-0.2, -0.15) is 5.26 Å². The first-order valence-electron chi connectivity index (χ1n) is 12.3. The van der Waals surface area contributed by atoms with Gasteiger partial charge in [-0.3, -0.25) is 0 Å². The number of nitrogens with zero attached hydrogens (tertiary/aromatic N) is 3. The molecule has 0 unspecified atom stereocenters. The molecule has 0 saturated heterocycles. The van der Waals surface area contributed by atoms with Crippen LogP contribution in [0, 0.1) is 11.3 Å². The summed E-state index contributed by atoms with van der Waals surface area (Å²) in [4.78, 5) is 17.3. The maximum Gasteiger partial charge on any atom is 0.323 e. The normalized spacial score (nSPS) is 15.9. The lowest BCUT2D eigenvalue weighted by Crippen LogP contribution is -2.34. The number of carbonyl (C=O) groups excluding carboxylic acids is 1. The van der Waals surface area contributed by atoms with Crippen molar-refractivity contribution in [1.82, 2.24) is 0 Å². The fourth-order valence-corrected chi connectivity index (χ4v) is 5.56. The Kier molecular flexibility index (Phi) is 6.08. The molecule has 0 atom stereocenters. The van der Waals surface area contributed by atoms with Crippen molar-refractivity contribution in [1.29, 1.82) is 5.26 Å². The van der Waals surface area contributed by atoms with E-state index in [9.17, 15) is 10.1 Å². The number of rotatable bonds is 4. The summed E-state index contributed by atoms with van der Waals surface area (Å²) in [7, 11) is 3.96. The number of carbonyl (C=O) groups is 1. The Morgan fingerprint density at radius 2 is 1.69 bits per heavy atom. The van der Waals surface area contributed by atoms with Gasteiger partial charge in [0.15, 0.2) is 0 Å². The number of hydrogen-bond donors (Lipinski definition) is 2. The second kappa shape index (κ2) is 9.34. The average molecular weight is 466 g/mol. The van der Waals surface area contributed by atoms with Gasteiger partial charge >= 0.3 is 6.03 Å². The Bertz CT molecular complexity index is 1270. The van der Waals surface area contributed by atoms with Crippen molar-refractivity contribution < 1.29 is 4.79 Å². The topological polar surface area (TPSA) is 71.4 Å². The van der Waals surface area contributed by atoms with Crippen LogP contribution >= 0.6 is 0 Å². The lowest BCUT2D eigenvalue weighted by molar-refractivity contribution is 0.262. The molecule has 1 saturated carbocycles. The first-order valence-corrected chi connectivity index (χ1v) is 12.3. The zero-order valence-electron chi connectivity index (χ0n) is 20.3. The highest BCUT2D eigenvalue weighted by Crippen LogP contribution is 2.52. The molecule has 3 aromatic rings. The van der Waals surface area contributed by atoms with E-state index in [1.54, 1.807) is 6.07 Å².